The largest absolute Gasteiger partial charge is 0.353 e. The van der Waals surface area contributed by atoms with Gasteiger partial charge in [-0.05, 0) is 50.3 Å². The average Bonchev–Trinajstić information content (AvgIpc) is 2.99. The molecule has 0 aromatic carbocycles. The normalized spacial score (nSPS) is 26.0. The Hall–Kier alpha value is -1.09. The number of anilines is 1. The van der Waals surface area contributed by atoms with E-state index in [1.807, 2.05) is 0 Å². The van der Waals surface area contributed by atoms with Crippen LogP contribution < -0.4 is 10.2 Å². The molecule has 1 saturated carbocycles. The molecule has 0 amide bonds. The third-order valence-electron chi connectivity index (χ3n) is 4.45. The highest BCUT2D eigenvalue weighted by molar-refractivity contribution is 5.45. The molecule has 98 valence electrons. The van der Waals surface area contributed by atoms with Crippen molar-refractivity contribution in [1.82, 2.24) is 10.3 Å². The molecule has 1 N–H and O–H groups in total. The Labute approximate surface area is 110 Å². The standard InChI is InChI=1S/C15H23N3/c1-3-16-9-13-5-7-15(17-11(13)2)18-10-12-4-6-14(18)8-12/h5,7,12,14,16H,3-4,6,8-10H2,1-2H3. The maximum Gasteiger partial charge on any atom is 0.129 e. The number of pyridine rings is 1. The highest BCUT2D eigenvalue weighted by Gasteiger charge is 2.38. The molecule has 1 aromatic rings. The Bertz CT molecular complexity index is 430. The summed E-state index contributed by atoms with van der Waals surface area (Å²) in [5.41, 5.74) is 2.50. The zero-order chi connectivity index (χ0) is 12.5. The molecule has 1 saturated heterocycles. The van der Waals surface area contributed by atoms with Crippen molar-refractivity contribution in [1.29, 1.82) is 0 Å². The van der Waals surface area contributed by atoms with E-state index in [2.05, 4.69) is 36.2 Å². The molecule has 2 fully saturated rings. The minimum absolute atomic E-state index is 0.765. The van der Waals surface area contributed by atoms with Gasteiger partial charge in [0.2, 0.25) is 0 Å². The van der Waals surface area contributed by atoms with Crippen LogP contribution in [0.25, 0.3) is 0 Å². The van der Waals surface area contributed by atoms with E-state index in [0.717, 1.165) is 25.0 Å². The third kappa shape index (κ3) is 2.12. The predicted octanol–water partition coefficient (Wildman–Crippen LogP) is 2.49. The van der Waals surface area contributed by atoms with E-state index in [-0.39, 0.29) is 0 Å². The molecule has 2 bridgehead atoms. The van der Waals surface area contributed by atoms with Crippen LogP contribution >= 0.6 is 0 Å². The molecule has 3 rings (SSSR count). The van der Waals surface area contributed by atoms with E-state index >= 15 is 0 Å². The number of rotatable bonds is 4. The second-order valence-corrected chi connectivity index (χ2v) is 5.68. The van der Waals surface area contributed by atoms with Crippen molar-refractivity contribution in [2.24, 2.45) is 5.92 Å². The highest BCUT2D eigenvalue weighted by Crippen LogP contribution is 2.39. The smallest absolute Gasteiger partial charge is 0.129 e. The summed E-state index contributed by atoms with van der Waals surface area (Å²) >= 11 is 0. The molecule has 2 unspecified atom stereocenters. The molecule has 2 aliphatic rings. The first-order chi connectivity index (χ1) is 8.78. The molecule has 0 spiro atoms. The molecule has 3 nitrogen and oxygen atoms in total. The average molecular weight is 245 g/mol. The van der Waals surface area contributed by atoms with Crippen molar-refractivity contribution in [2.45, 2.75) is 45.7 Å². The number of hydrogen-bond donors (Lipinski definition) is 1. The van der Waals surface area contributed by atoms with Gasteiger partial charge in [-0.2, -0.15) is 0 Å². The lowest BCUT2D eigenvalue weighted by Gasteiger charge is -2.28. The van der Waals surface area contributed by atoms with Crippen LogP contribution in [0.1, 0.15) is 37.4 Å². The SMILES string of the molecule is CCNCc1ccc(N2CC3CCC2C3)nc1C. The number of aryl methyl sites for hydroxylation is 1. The second-order valence-electron chi connectivity index (χ2n) is 5.68. The molecular formula is C15H23N3. The van der Waals surface area contributed by atoms with Crippen molar-refractivity contribution < 1.29 is 0 Å². The van der Waals surface area contributed by atoms with Crippen molar-refractivity contribution in [3.05, 3.63) is 23.4 Å². The van der Waals surface area contributed by atoms with Crippen LogP contribution in [-0.4, -0.2) is 24.1 Å². The first kappa shape index (κ1) is 12.0. The number of nitrogens with one attached hydrogen (secondary N) is 1. The Morgan fingerprint density at radius 1 is 1.39 bits per heavy atom. The summed E-state index contributed by atoms with van der Waals surface area (Å²) in [7, 11) is 0. The van der Waals surface area contributed by atoms with E-state index in [4.69, 9.17) is 4.98 Å². The monoisotopic (exact) mass is 245 g/mol. The number of nitrogens with zero attached hydrogens (tertiary/aromatic N) is 2. The van der Waals surface area contributed by atoms with E-state index in [1.165, 1.54) is 42.9 Å². The minimum Gasteiger partial charge on any atom is -0.353 e. The van der Waals surface area contributed by atoms with E-state index in [0.29, 0.717) is 0 Å². The molecule has 1 aliphatic carbocycles. The Balaban J connectivity index is 1.76. The topological polar surface area (TPSA) is 28.2 Å². The molecule has 0 radical (unpaired) electrons. The molecular weight excluding hydrogens is 222 g/mol. The van der Waals surface area contributed by atoms with Gasteiger partial charge in [-0.1, -0.05) is 13.0 Å². The zero-order valence-electron chi connectivity index (χ0n) is 11.4. The van der Waals surface area contributed by atoms with E-state index in [1.54, 1.807) is 0 Å². The number of aromatic nitrogens is 1. The lowest BCUT2D eigenvalue weighted by atomic mass is 10.1. The number of hydrogen-bond acceptors (Lipinski definition) is 3. The van der Waals surface area contributed by atoms with Crippen LogP contribution in [0.2, 0.25) is 0 Å². The summed E-state index contributed by atoms with van der Waals surface area (Å²) in [6.45, 7) is 7.44. The molecule has 1 aromatic heterocycles. The van der Waals surface area contributed by atoms with Gasteiger partial charge in [0, 0.05) is 24.8 Å². The highest BCUT2D eigenvalue weighted by atomic mass is 15.2. The molecule has 1 aliphatic heterocycles. The van der Waals surface area contributed by atoms with Gasteiger partial charge in [0.25, 0.3) is 0 Å². The van der Waals surface area contributed by atoms with Gasteiger partial charge in [-0.3, -0.25) is 0 Å². The van der Waals surface area contributed by atoms with Gasteiger partial charge < -0.3 is 10.2 Å². The van der Waals surface area contributed by atoms with Crippen LogP contribution in [0.3, 0.4) is 0 Å². The first-order valence-corrected chi connectivity index (χ1v) is 7.21. The fourth-order valence-corrected chi connectivity index (χ4v) is 3.39. The van der Waals surface area contributed by atoms with E-state index in [9.17, 15) is 0 Å². The summed E-state index contributed by atoms with van der Waals surface area (Å²) in [4.78, 5) is 7.34. The maximum atomic E-state index is 4.81. The summed E-state index contributed by atoms with van der Waals surface area (Å²) < 4.78 is 0. The maximum absolute atomic E-state index is 4.81. The van der Waals surface area contributed by atoms with Crippen molar-refractivity contribution >= 4 is 5.82 Å². The molecule has 2 atom stereocenters. The van der Waals surface area contributed by atoms with Crippen LogP contribution in [0.4, 0.5) is 5.82 Å². The summed E-state index contributed by atoms with van der Waals surface area (Å²) in [5.74, 6) is 2.12. The molecule has 18 heavy (non-hydrogen) atoms. The third-order valence-corrected chi connectivity index (χ3v) is 4.45. The summed E-state index contributed by atoms with van der Waals surface area (Å²) in [5, 5.41) is 3.37. The number of fused-ring (bicyclic) bond motifs is 2. The Kier molecular flexibility index (Phi) is 3.25. The first-order valence-electron chi connectivity index (χ1n) is 7.21. The lowest BCUT2D eigenvalue weighted by molar-refractivity contribution is 0.550. The van der Waals surface area contributed by atoms with Gasteiger partial charge in [-0.15, -0.1) is 0 Å². The number of piperidine rings is 1. The van der Waals surface area contributed by atoms with Gasteiger partial charge in [0.05, 0.1) is 0 Å². The Morgan fingerprint density at radius 2 is 2.28 bits per heavy atom. The summed E-state index contributed by atoms with van der Waals surface area (Å²) in [6, 6.07) is 5.22. The van der Waals surface area contributed by atoms with Crippen molar-refractivity contribution in [3.8, 4) is 0 Å². The lowest BCUT2D eigenvalue weighted by Crippen LogP contribution is -2.32. The van der Waals surface area contributed by atoms with Crippen LogP contribution in [0.15, 0.2) is 12.1 Å². The second kappa shape index (κ2) is 4.88. The fraction of sp³-hybridized carbons (Fsp3) is 0.667. The van der Waals surface area contributed by atoms with Gasteiger partial charge in [-0.25, -0.2) is 4.98 Å². The fourth-order valence-electron chi connectivity index (χ4n) is 3.39. The van der Waals surface area contributed by atoms with Gasteiger partial charge >= 0.3 is 0 Å². The van der Waals surface area contributed by atoms with Gasteiger partial charge in [0.15, 0.2) is 0 Å². The Morgan fingerprint density at radius 3 is 2.89 bits per heavy atom. The predicted molar refractivity (Wildman–Crippen MR) is 74.8 cm³/mol. The molecule has 3 heteroatoms. The summed E-state index contributed by atoms with van der Waals surface area (Å²) in [6.07, 6.45) is 4.18. The van der Waals surface area contributed by atoms with Crippen LogP contribution in [0.5, 0.6) is 0 Å². The van der Waals surface area contributed by atoms with Gasteiger partial charge in [0.1, 0.15) is 5.82 Å². The van der Waals surface area contributed by atoms with Crippen molar-refractivity contribution in [3.63, 3.8) is 0 Å². The van der Waals surface area contributed by atoms with Crippen molar-refractivity contribution in [2.75, 3.05) is 18.0 Å². The van der Waals surface area contributed by atoms with E-state index < -0.39 is 0 Å². The zero-order valence-corrected chi connectivity index (χ0v) is 11.4. The quantitative estimate of drug-likeness (QED) is 0.883. The molecule has 2 heterocycles. The van der Waals surface area contributed by atoms with Crippen LogP contribution in [0, 0.1) is 12.8 Å². The minimum atomic E-state index is 0.765. The van der Waals surface area contributed by atoms with Crippen LogP contribution in [-0.2, 0) is 6.54 Å².